The molecule has 0 bridgehead atoms. The predicted molar refractivity (Wildman–Crippen MR) is 45.0 cm³/mol. The quantitative estimate of drug-likeness (QED) is 0.705. The van der Waals surface area contributed by atoms with Gasteiger partial charge in [-0.15, -0.1) is 0 Å². The van der Waals surface area contributed by atoms with Crippen molar-refractivity contribution in [2.24, 2.45) is 5.73 Å². The molecule has 0 fully saturated rings. The van der Waals surface area contributed by atoms with Gasteiger partial charge in [0, 0.05) is 24.8 Å². The number of hydrogen-bond donors (Lipinski definition) is 1. The molecule has 0 amide bonds. The highest BCUT2D eigenvalue weighted by atomic mass is 15.3. The van der Waals surface area contributed by atoms with Gasteiger partial charge in [-0.1, -0.05) is 13.3 Å². The van der Waals surface area contributed by atoms with Gasteiger partial charge in [0.05, 0.1) is 6.20 Å². The van der Waals surface area contributed by atoms with Gasteiger partial charge in [0.2, 0.25) is 0 Å². The van der Waals surface area contributed by atoms with Crippen LogP contribution < -0.4 is 5.73 Å². The first kappa shape index (κ1) is 8.27. The van der Waals surface area contributed by atoms with Crippen LogP contribution in [0.15, 0.2) is 12.4 Å². The van der Waals surface area contributed by atoms with E-state index in [0.717, 1.165) is 12.1 Å². The largest absolute Gasteiger partial charge is 0.326 e. The lowest BCUT2D eigenvalue weighted by Gasteiger charge is -1.96. The average Bonchev–Trinajstić information content (AvgIpc) is 2.48. The van der Waals surface area contributed by atoms with E-state index in [0.29, 0.717) is 6.54 Å². The van der Waals surface area contributed by atoms with E-state index < -0.39 is 0 Å². The molecule has 3 heteroatoms. The van der Waals surface area contributed by atoms with Crippen molar-refractivity contribution in [3.8, 4) is 0 Å². The summed E-state index contributed by atoms with van der Waals surface area (Å²) in [7, 11) is 0. The van der Waals surface area contributed by atoms with Gasteiger partial charge in [-0.05, 0) is 6.42 Å². The Morgan fingerprint density at radius 3 is 3.00 bits per heavy atom. The van der Waals surface area contributed by atoms with Crippen LogP contribution in [0.25, 0.3) is 0 Å². The summed E-state index contributed by atoms with van der Waals surface area (Å²) in [5, 5.41) is 4.16. The molecule has 1 heterocycles. The molecular weight excluding hydrogens is 138 g/mol. The smallest absolute Gasteiger partial charge is 0.0534 e. The molecule has 0 saturated carbocycles. The monoisotopic (exact) mass is 153 g/mol. The first-order valence-electron chi connectivity index (χ1n) is 4.08. The van der Waals surface area contributed by atoms with E-state index in [1.807, 2.05) is 17.1 Å². The summed E-state index contributed by atoms with van der Waals surface area (Å²) in [6.45, 7) is 3.77. The van der Waals surface area contributed by atoms with Gasteiger partial charge in [0.15, 0.2) is 0 Å². The molecule has 0 aliphatic heterocycles. The van der Waals surface area contributed by atoms with Crippen molar-refractivity contribution in [3.05, 3.63) is 18.0 Å². The number of rotatable bonds is 4. The summed E-state index contributed by atoms with van der Waals surface area (Å²) in [6, 6.07) is 0. The number of aryl methyl sites for hydroxylation is 1. The van der Waals surface area contributed by atoms with Crippen molar-refractivity contribution < 1.29 is 0 Å². The van der Waals surface area contributed by atoms with E-state index in [1.165, 1.54) is 12.8 Å². The Labute approximate surface area is 67.2 Å². The highest BCUT2D eigenvalue weighted by Crippen LogP contribution is 1.98. The van der Waals surface area contributed by atoms with E-state index in [1.54, 1.807) is 0 Å². The van der Waals surface area contributed by atoms with E-state index in [2.05, 4.69) is 12.0 Å². The summed E-state index contributed by atoms with van der Waals surface area (Å²) >= 11 is 0. The topological polar surface area (TPSA) is 43.8 Å². The van der Waals surface area contributed by atoms with Crippen molar-refractivity contribution in [3.63, 3.8) is 0 Å². The second-order valence-corrected chi connectivity index (χ2v) is 2.67. The van der Waals surface area contributed by atoms with Gasteiger partial charge in [-0.2, -0.15) is 5.10 Å². The second-order valence-electron chi connectivity index (χ2n) is 2.67. The highest BCUT2D eigenvalue weighted by molar-refractivity contribution is 5.02. The molecule has 0 unspecified atom stereocenters. The predicted octanol–water partition coefficient (Wildman–Crippen LogP) is 1.14. The summed E-state index contributed by atoms with van der Waals surface area (Å²) < 4.78 is 1.95. The fourth-order valence-electron chi connectivity index (χ4n) is 0.954. The van der Waals surface area contributed by atoms with Gasteiger partial charge in [0.25, 0.3) is 0 Å². The number of nitrogens with two attached hydrogens (primary N) is 1. The molecule has 11 heavy (non-hydrogen) atoms. The van der Waals surface area contributed by atoms with E-state index in [-0.39, 0.29) is 0 Å². The fraction of sp³-hybridized carbons (Fsp3) is 0.625. The maximum atomic E-state index is 5.44. The number of aromatic nitrogens is 2. The van der Waals surface area contributed by atoms with Crippen LogP contribution in [0.2, 0.25) is 0 Å². The molecule has 1 rings (SSSR count). The van der Waals surface area contributed by atoms with E-state index >= 15 is 0 Å². The lowest BCUT2D eigenvalue weighted by molar-refractivity contribution is 0.571. The van der Waals surface area contributed by atoms with Crippen LogP contribution in [-0.4, -0.2) is 9.78 Å². The maximum Gasteiger partial charge on any atom is 0.0534 e. The summed E-state index contributed by atoms with van der Waals surface area (Å²) in [4.78, 5) is 0. The normalized spacial score (nSPS) is 10.4. The molecule has 0 spiro atoms. The molecule has 0 saturated heterocycles. The number of unbranched alkanes of at least 4 members (excludes halogenated alkanes) is 1. The Balaban J connectivity index is 2.44. The first-order chi connectivity index (χ1) is 5.36. The Morgan fingerprint density at radius 2 is 2.45 bits per heavy atom. The zero-order valence-electron chi connectivity index (χ0n) is 6.95. The maximum absolute atomic E-state index is 5.44. The molecule has 2 N–H and O–H groups in total. The summed E-state index contributed by atoms with van der Waals surface area (Å²) in [6.07, 6.45) is 6.23. The molecule has 0 radical (unpaired) electrons. The molecule has 0 aliphatic carbocycles. The van der Waals surface area contributed by atoms with Gasteiger partial charge in [-0.25, -0.2) is 0 Å². The van der Waals surface area contributed by atoms with Crippen LogP contribution >= 0.6 is 0 Å². The Bertz CT molecular complexity index is 205. The van der Waals surface area contributed by atoms with E-state index in [4.69, 9.17) is 5.73 Å². The summed E-state index contributed by atoms with van der Waals surface area (Å²) in [5.74, 6) is 0. The molecule has 0 atom stereocenters. The van der Waals surface area contributed by atoms with Gasteiger partial charge < -0.3 is 5.73 Å². The SMILES string of the molecule is CCCCn1cc(CN)cn1. The minimum absolute atomic E-state index is 0.589. The van der Waals surface area contributed by atoms with Crippen LogP contribution in [0.4, 0.5) is 0 Å². The summed E-state index contributed by atoms with van der Waals surface area (Å²) in [5.41, 5.74) is 6.55. The first-order valence-corrected chi connectivity index (χ1v) is 4.08. The second kappa shape index (κ2) is 4.13. The minimum atomic E-state index is 0.589. The van der Waals surface area contributed by atoms with Crippen molar-refractivity contribution in [2.75, 3.05) is 0 Å². The molecule has 0 aromatic carbocycles. The van der Waals surface area contributed by atoms with Crippen LogP contribution in [0.3, 0.4) is 0 Å². The van der Waals surface area contributed by atoms with Crippen LogP contribution in [0.5, 0.6) is 0 Å². The Morgan fingerprint density at radius 1 is 1.64 bits per heavy atom. The fourth-order valence-corrected chi connectivity index (χ4v) is 0.954. The van der Waals surface area contributed by atoms with Crippen LogP contribution in [0.1, 0.15) is 25.3 Å². The van der Waals surface area contributed by atoms with Gasteiger partial charge >= 0.3 is 0 Å². The average molecular weight is 153 g/mol. The molecule has 0 aliphatic rings. The van der Waals surface area contributed by atoms with Crippen LogP contribution in [-0.2, 0) is 13.1 Å². The number of nitrogens with zero attached hydrogens (tertiary/aromatic N) is 2. The van der Waals surface area contributed by atoms with Crippen molar-refractivity contribution in [1.82, 2.24) is 9.78 Å². The standard InChI is InChI=1S/C8H15N3/c1-2-3-4-11-7-8(5-9)6-10-11/h6-7H,2-5,9H2,1H3. The Kier molecular flexibility index (Phi) is 3.11. The molecular formula is C8H15N3. The van der Waals surface area contributed by atoms with E-state index in [9.17, 15) is 0 Å². The third-order valence-electron chi connectivity index (χ3n) is 1.66. The Hall–Kier alpha value is -0.830. The number of hydrogen-bond acceptors (Lipinski definition) is 2. The zero-order chi connectivity index (χ0) is 8.10. The van der Waals surface area contributed by atoms with Gasteiger partial charge in [0.1, 0.15) is 0 Å². The van der Waals surface area contributed by atoms with Crippen molar-refractivity contribution >= 4 is 0 Å². The van der Waals surface area contributed by atoms with Gasteiger partial charge in [-0.3, -0.25) is 4.68 Å². The lowest BCUT2D eigenvalue weighted by atomic mass is 10.3. The van der Waals surface area contributed by atoms with Crippen LogP contribution in [0, 0.1) is 0 Å². The molecule has 3 nitrogen and oxygen atoms in total. The highest BCUT2D eigenvalue weighted by Gasteiger charge is 1.94. The molecule has 1 aromatic rings. The van der Waals surface area contributed by atoms with Crippen molar-refractivity contribution in [1.29, 1.82) is 0 Å². The molecule has 62 valence electrons. The third-order valence-corrected chi connectivity index (χ3v) is 1.66. The van der Waals surface area contributed by atoms with Crippen molar-refractivity contribution in [2.45, 2.75) is 32.9 Å². The third kappa shape index (κ3) is 2.35. The molecule has 1 aromatic heterocycles. The minimum Gasteiger partial charge on any atom is -0.326 e. The lowest BCUT2D eigenvalue weighted by Crippen LogP contribution is -1.98. The zero-order valence-corrected chi connectivity index (χ0v) is 6.95.